The van der Waals surface area contributed by atoms with E-state index in [1.54, 1.807) is 0 Å². The van der Waals surface area contributed by atoms with Crippen LogP contribution in [0.3, 0.4) is 0 Å². The summed E-state index contributed by atoms with van der Waals surface area (Å²) >= 11 is 4.88. The topological polar surface area (TPSA) is 44.5 Å². The minimum Gasteiger partial charge on any atom is -0.488 e. The first-order valence-corrected chi connectivity index (χ1v) is 5.81. The van der Waals surface area contributed by atoms with Gasteiger partial charge in [0.15, 0.2) is 0 Å². The Morgan fingerprint density at radius 1 is 1.38 bits per heavy atom. The van der Waals surface area contributed by atoms with Gasteiger partial charge in [-0.3, -0.25) is 0 Å². The van der Waals surface area contributed by atoms with Crippen molar-refractivity contribution in [3.8, 4) is 5.75 Å². The Bertz CT molecular complexity index is 358. The van der Waals surface area contributed by atoms with Crippen molar-refractivity contribution in [1.29, 1.82) is 0 Å². The van der Waals surface area contributed by atoms with Crippen LogP contribution < -0.4 is 10.5 Å². The summed E-state index contributed by atoms with van der Waals surface area (Å²) < 4.78 is 11.1. The smallest absolute Gasteiger partial charge is 0.122 e. The molecule has 2 rings (SSSR count). The molecule has 1 aliphatic rings. The van der Waals surface area contributed by atoms with Crippen molar-refractivity contribution in [1.82, 2.24) is 0 Å². The summed E-state index contributed by atoms with van der Waals surface area (Å²) in [6.07, 6.45) is 2.29. The second kappa shape index (κ2) is 5.27. The van der Waals surface area contributed by atoms with Gasteiger partial charge in [-0.25, -0.2) is 0 Å². The molecule has 16 heavy (non-hydrogen) atoms. The lowest BCUT2D eigenvalue weighted by Gasteiger charge is -2.23. The highest BCUT2D eigenvalue weighted by atomic mass is 32.1. The molecule has 0 aliphatic carbocycles. The molecule has 1 unspecified atom stereocenters. The second-order valence-electron chi connectivity index (χ2n) is 3.85. The van der Waals surface area contributed by atoms with E-state index < -0.39 is 0 Å². The molecule has 1 aliphatic heterocycles. The molecule has 0 spiro atoms. The van der Waals surface area contributed by atoms with Crippen LogP contribution in [0.15, 0.2) is 24.3 Å². The van der Waals surface area contributed by atoms with Gasteiger partial charge in [0.2, 0.25) is 0 Å². The van der Waals surface area contributed by atoms with E-state index >= 15 is 0 Å². The summed E-state index contributed by atoms with van der Waals surface area (Å²) in [6.45, 7) is 1.53. The lowest BCUT2D eigenvalue weighted by molar-refractivity contribution is 0.00743. The molecule has 3 nitrogen and oxygen atoms in total. The molecule has 4 heteroatoms. The Morgan fingerprint density at radius 3 is 2.69 bits per heavy atom. The van der Waals surface area contributed by atoms with Crippen LogP contribution in [0.5, 0.6) is 5.75 Å². The standard InChI is InChI=1S/C12H15NO2S/c13-12(16)9-3-5-10(6-4-9)15-11-2-1-7-14-8-11/h3-6,11H,1-2,7-8H2,(H2,13,16). The Morgan fingerprint density at radius 2 is 2.12 bits per heavy atom. The van der Waals surface area contributed by atoms with Crippen LogP contribution in [0.2, 0.25) is 0 Å². The fourth-order valence-corrected chi connectivity index (χ4v) is 1.83. The maximum absolute atomic E-state index is 5.78. The molecular weight excluding hydrogens is 222 g/mol. The summed E-state index contributed by atoms with van der Waals surface area (Å²) in [6, 6.07) is 7.54. The van der Waals surface area contributed by atoms with Crippen molar-refractivity contribution in [3.05, 3.63) is 29.8 Å². The van der Waals surface area contributed by atoms with E-state index in [1.807, 2.05) is 24.3 Å². The molecule has 0 aromatic heterocycles. The number of rotatable bonds is 3. The predicted octanol–water partition coefficient (Wildman–Crippen LogP) is 1.88. The molecule has 86 valence electrons. The Hall–Kier alpha value is -1.13. The molecule has 0 amide bonds. The third-order valence-corrected chi connectivity index (χ3v) is 2.80. The number of hydrogen-bond acceptors (Lipinski definition) is 3. The van der Waals surface area contributed by atoms with Crippen LogP contribution in [0, 0.1) is 0 Å². The minimum absolute atomic E-state index is 0.171. The average Bonchev–Trinajstić information content (AvgIpc) is 2.31. The number of ether oxygens (including phenoxy) is 2. The molecular formula is C12H15NO2S. The van der Waals surface area contributed by atoms with Crippen molar-refractivity contribution < 1.29 is 9.47 Å². The van der Waals surface area contributed by atoms with Crippen LogP contribution in [0.25, 0.3) is 0 Å². The zero-order chi connectivity index (χ0) is 11.4. The summed E-state index contributed by atoms with van der Waals surface area (Å²) in [5.74, 6) is 0.843. The maximum Gasteiger partial charge on any atom is 0.122 e. The first-order valence-electron chi connectivity index (χ1n) is 5.40. The van der Waals surface area contributed by atoms with Crippen LogP contribution in [-0.4, -0.2) is 24.3 Å². The molecule has 0 bridgehead atoms. The molecule has 0 radical (unpaired) electrons. The molecule has 1 aromatic carbocycles. The van der Waals surface area contributed by atoms with Crippen molar-refractivity contribution in [3.63, 3.8) is 0 Å². The van der Waals surface area contributed by atoms with E-state index in [0.717, 1.165) is 30.8 Å². The van der Waals surface area contributed by atoms with E-state index in [0.29, 0.717) is 11.6 Å². The number of nitrogens with two attached hydrogens (primary N) is 1. The van der Waals surface area contributed by atoms with Gasteiger partial charge in [-0.15, -0.1) is 0 Å². The van der Waals surface area contributed by atoms with Gasteiger partial charge in [0.25, 0.3) is 0 Å². The zero-order valence-corrected chi connectivity index (χ0v) is 9.83. The van der Waals surface area contributed by atoms with Crippen molar-refractivity contribution in [2.24, 2.45) is 5.73 Å². The molecule has 1 atom stereocenters. The minimum atomic E-state index is 0.171. The Kier molecular flexibility index (Phi) is 3.74. The van der Waals surface area contributed by atoms with E-state index in [4.69, 9.17) is 27.4 Å². The Labute approximate surface area is 101 Å². The van der Waals surface area contributed by atoms with Crippen molar-refractivity contribution in [2.45, 2.75) is 18.9 Å². The lowest BCUT2D eigenvalue weighted by Crippen LogP contribution is -2.27. The SMILES string of the molecule is NC(=S)c1ccc(OC2CCCOC2)cc1. The van der Waals surface area contributed by atoms with Crippen molar-refractivity contribution in [2.75, 3.05) is 13.2 Å². The van der Waals surface area contributed by atoms with E-state index in [2.05, 4.69) is 0 Å². The van der Waals surface area contributed by atoms with Crippen molar-refractivity contribution >= 4 is 17.2 Å². The first kappa shape index (κ1) is 11.4. The number of benzene rings is 1. The van der Waals surface area contributed by atoms with Crippen LogP contribution in [0.4, 0.5) is 0 Å². The van der Waals surface area contributed by atoms with Crippen LogP contribution in [-0.2, 0) is 4.74 Å². The van der Waals surface area contributed by atoms with Gasteiger partial charge in [-0.1, -0.05) is 12.2 Å². The lowest BCUT2D eigenvalue weighted by atomic mass is 10.1. The normalized spacial score (nSPS) is 20.4. The highest BCUT2D eigenvalue weighted by Gasteiger charge is 2.15. The maximum atomic E-state index is 5.78. The number of hydrogen-bond donors (Lipinski definition) is 1. The fourth-order valence-electron chi connectivity index (χ4n) is 1.69. The van der Waals surface area contributed by atoms with Gasteiger partial charge >= 0.3 is 0 Å². The van der Waals surface area contributed by atoms with Gasteiger partial charge in [-0.2, -0.15) is 0 Å². The second-order valence-corrected chi connectivity index (χ2v) is 4.29. The van der Waals surface area contributed by atoms with E-state index in [9.17, 15) is 0 Å². The number of thiocarbonyl (C=S) groups is 1. The largest absolute Gasteiger partial charge is 0.488 e. The van der Waals surface area contributed by atoms with Gasteiger partial charge in [-0.05, 0) is 37.1 Å². The summed E-state index contributed by atoms with van der Waals surface area (Å²) in [7, 11) is 0. The van der Waals surface area contributed by atoms with E-state index in [1.165, 1.54) is 0 Å². The zero-order valence-electron chi connectivity index (χ0n) is 9.02. The fraction of sp³-hybridized carbons (Fsp3) is 0.417. The van der Waals surface area contributed by atoms with Gasteiger partial charge < -0.3 is 15.2 Å². The summed E-state index contributed by atoms with van der Waals surface area (Å²) in [5, 5.41) is 0. The molecule has 0 saturated carbocycles. The predicted molar refractivity (Wildman–Crippen MR) is 66.8 cm³/mol. The van der Waals surface area contributed by atoms with E-state index in [-0.39, 0.29) is 6.10 Å². The summed E-state index contributed by atoms with van der Waals surface area (Å²) in [5.41, 5.74) is 6.38. The van der Waals surface area contributed by atoms with Crippen LogP contribution >= 0.6 is 12.2 Å². The highest BCUT2D eigenvalue weighted by molar-refractivity contribution is 7.80. The molecule has 1 aromatic rings. The molecule has 1 heterocycles. The molecule has 1 saturated heterocycles. The van der Waals surface area contributed by atoms with Gasteiger partial charge in [0, 0.05) is 12.2 Å². The summed E-state index contributed by atoms with van der Waals surface area (Å²) in [4.78, 5) is 0.410. The third kappa shape index (κ3) is 2.93. The first-order chi connectivity index (χ1) is 7.75. The Balaban J connectivity index is 1.96. The third-order valence-electron chi connectivity index (χ3n) is 2.56. The molecule has 2 N–H and O–H groups in total. The van der Waals surface area contributed by atoms with Gasteiger partial charge in [0.05, 0.1) is 6.61 Å². The molecule has 1 fully saturated rings. The highest BCUT2D eigenvalue weighted by Crippen LogP contribution is 2.17. The van der Waals surface area contributed by atoms with Crippen LogP contribution in [0.1, 0.15) is 18.4 Å². The quantitative estimate of drug-likeness (QED) is 0.815. The van der Waals surface area contributed by atoms with Gasteiger partial charge in [0.1, 0.15) is 16.8 Å². The average molecular weight is 237 g/mol. The monoisotopic (exact) mass is 237 g/mol.